The lowest BCUT2D eigenvalue weighted by atomic mass is 9.99. The Morgan fingerprint density at radius 1 is 1.43 bits per heavy atom. The lowest BCUT2D eigenvalue weighted by Gasteiger charge is -2.33. The van der Waals surface area contributed by atoms with Crippen molar-refractivity contribution in [3.63, 3.8) is 0 Å². The van der Waals surface area contributed by atoms with Gasteiger partial charge in [0.15, 0.2) is 0 Å². The molecule has 2 heterocycles. The summed E-state index contributed by atoms with van der Waals surface area (Å²) in [4.78, 5) is 7.21. The first-order chi connectivity index (χ1) is 10.2. The van der Waals surface area contributed by atoms with E-state index in [1.165, 1.54) is 12.8 Å². The zero-order valence-corrected chi connectivity index (χ0v) is 13.6. The Hall–Kier alpha value is -1.13. The van der Waals surface area contributed by atoms with E-state index in [-0.39, 0.29) is 0 Å². The molecule has 21 heavy (non-hydrogen) atoms. The summed E-state index contributed by atoms with van der Waals surface area (Å²) in [5.74, 6) is 2.41. The lowest BCUT2D eigenvalue weighted by Crippen LogP contribution is -2.37. The standard InChI is InChI=1S/C17H29N3O/c1-14(2)10-18-11-16-7-4-8-17(19-16)20-9-5-6-15(12-20)13-21-3/h4,7-8,14-15,18H,5-6,9-13H2,1-3H3. The van der Waals surface area contributed by atoms with E-state index < -0.39 is 0 Å². The summed E-state index contributed by atoms with van der Waals surface area (Å²) < 4.78 is 5.31. The molecule has 1 N–H and O–H groups in total. The van der Waals surface area contributed by atoms with Gasteiger partial charge in [-0.05, 0) is 43.4 Å². The molecule has 4 heteroatoms. The van der Waals surface area contributed by atoms with Crippen molar-refractivity contribution >= 4 is 5.82 Å². The maximum atomic E-state index is 5.31. The third-order valence-corrected chi connectivity index (χ3v) is 3.90. The molecular weight excluding hydrogens is 262 g/mol. The molecule has 0 amide bonds. The SMILES string of the molecule is COCC1CCCN(c2cccc(CNCC(C)C)n2)C1. The molecule has 1 unspecified atom stereocenters. The van der Waals surface area contributed by atoms with Gasteiger partial charge in [-0.1, -0.05) is 19.9 Å². The van der Waals surface area contributed by atoms with Crippen molar-refractivity contribution in [1.82, 2.24) is 10.3 Å². The molecule has 118 valence electrons. The minimum absolute atomic E-state index is 0.633. The number of nitrogens with zero attached hydrogens (tertiary/aromatic N) is 2. The molecule has 1 aliphatic heterocycles. The highest BCUT2D eigenvalue weighted by Crippen LogP contribution is 2.22. The van der Waals surface area contributed by atoms with Crippen LogP contribution in [0.1, 0.15) is 32.4 Å². The predicted octanol–water partition coefficient (Wildman–Crippen LogP) is 2.69. The van der Waals surface area contributed by atoms with Gasteiger partial charge in [0.25, 0.3) is 0 Å². The molecule has 1 aromatic rings. The Balaban J connectivity index is 1.93. The summed E-state index contributed by atoms with van der Waals surface area (Å²) >= 11 is 0. The number of nitrogens with one attached hydrogen (secondary N) is 1. The van der Waals surface area contributed by atoms with E-state index in [9.17, 15) is 0 Å². The van der Waals surface area contributed by atoms with Crippen molar-refractivity contribution in [2.45, 2.75) is 33.2 Å². The second kappa shape index (κ2) is 8.35. The maximum Gasteiger partial charge on any atom is 0.128 e. The summed E-state index contributed by atoms with van der Waals surface area (Å²) in [6.07, 6.45) is 2.49. The molecule has 2 rings (SSSR count). The Kier molecular flexibility index (Phi) is 6.46. The average Bonchev–Trinajstić information content (AvgIpc) is 2.48. The average molecular weight is 291 g/mol. The van der Waals surface area contributed by atoms with Gasteiger partial charge < -0.3 is 15.0 Å². The lowest BCUT2D eigenvalue weighted by molar-refractivity contribution is 0.143. The van der Waals surface area contributed by atoms with E-state index in [4.69, 9.17) is 9.72 Å². The van der Waals surface area contributed by atoms with Gasteiger partial charge in [-0.3, -0.25) is 0 Å². The molecule has 0 saturated carbocycles. The van der Waals surface area contributed by atoms with E-state index in [0.717, 1.165) is 44.3 Å². The summed E-state index contributed by atoms with van der Waals surface area (Å²) in [5.41, 5.74) is 1.13. The number of piperidine rings is 1. The zero-order valence-electron chi connectivity index (χ0n) is 13.6. The number of anilines is 1. The Morgan fingerprint density at radius 2 is 2.29 bits per heavy atom. The summed E-state index contributed by atoms with van der Waals surface area (Å²) in [6, 6.07) is 6.35. The van der Waals surface area contributed by atoms with Crippen LogP contribution in [0.5, 0.6) is 0 Å². The molecule has 1 aliphatic rings. The normalized spacial score (nSPS) is 19.2. The third kappa shape index (κ3) is 5.29. The van der Waals surface area contributed by atoms with Crippen molar-refractivity contribution in [2.24, 2.45) is 11.8 Å². The molecular formula is C17H29N3O. The van der Waals surface area contributed by atoms with Crippen molar-refractivity contribution in [3.05, 3.63) is 23.9 Å². The Bertz CT molecular complexity index is 420. The Morgan fingerprint density at radius 3 is 3.05 bits per heavy atom. The first kappa shape index (κ1) is 16.2. The van der Waals surface area contributed by atoms with Gasteiger partial charge in [-0.25, -0.2) is 4.98 Å². The number of aromatic nitrogens is 1. The van der Waals surface area contributed by atoms with Crippen LogP contribution < -0.4 is 10.2 Å². The minimum Gasteiger partial charge on any atom is -0.384 e. The van der Waals surface area contributed by atoms with Gasteiger partial charge in [0.05, 0.1) is 12.3 Å². The van der Waals surface area contributed by atoms with Gasteiger partial charge in [0.2, 0.25) is 0 Å². The van der Waals surface area contributed by atoms with E-state index >= 15 is 0 Å². The van der Waals surface area contributed by atoms with Gasteiger partial charge >= 0.3 is 0 Å². The zero-order chi connectivity index (χ0) is 15.1. The van der Waals surface area contributed by atoms with Crippen LogP contribution in [0.2, 0.25) is 0 Å². The first-order valence-corrected chi connectivity index (χ1v) is 8.09. The van der Waals surface area contributed by atoms with E-state index in [0.29, 0.717) is 11.8 Å². The van der Waals surface area contributed by atoms with Gasteiger partial charge in [0.1, 0.15) is 5.82 Å². The second-order valence-corrected chi connectivity index (χ2v) is 6.42. The molecule has 1 aromatic heterocycles. The third-order valence-electron chi connectivity index (χ3n) is 3.90. The summed E-state index contributed by atoms with van der Waals surface area (Å²) in [5, 5.41) is 3.46. The number of ether oxygens (including phenoxy) is 1. The quantitative estimate of drug-likeness (QED) is 0.838. The van der Waals surface area contributed by atoms with Crippen molar-refractivity contribution < 1.29 is 4.74 Å². The van der Waals surface area contributed by atoms with Crippen LogP contribution in [-0.4, -0.2) is 38.3 Å². The van der Waals surface area contributed by atoms with Crippen molar-refractivity contribution in [3.8, 4) is 0 Å². The first-order valence-electron chi connectivity index (χ1n) is 8.09. The number of hydrogen-bond donors (Lipinski definition) is 1. The fourth-order valence-corrected chi connectivity index (χ4v) is 2.88. The number of pyridine rings is 1. The summed E-state index contributed by atoms with van der Waals surface area (Å²) in [6.45, 7) is 9.35. The van der Waals surface area contributed by atoms with Crippen LogP contribution in [0.4, 0.5) is 5.82 Å². The monoisotopic (exact) mass is 291 g/mol. The van der Waals surface area contributed by atoms with E-state index in [1.807, 2.05) is 0 Å². The largest absolute Gasteiger partial charge is 0.384 e. The topological polar surface area (TPSA) is 37.4 Å². The predicted molar refractivity (Wildman–Crippen MR) is 87.6 cm³/mol. The van der Waals surface area contributed by atoms with Crippen LogP contribution in [0.3, 0.4) is 0 Å². The van der Waals surface area contributed by atoms with Crippen molar-refractivity contribution in [1.29, 1.82) is 0 Å². The molecule has 4 nitrogen and oxygen atoms in total. The van der Waals surface area contributed by atoms with Crippen LogP contribution >= 0.6 is 0 Å². The highest BCUT2D eigenvalue weighted by Gasteiger charge is 2.20. The maximum absolute atomic E-state index is 5.31. The van der Waals surface area contributed by atoms with Crippen LogP contribution in [0.25, 0.3) is 0 Å². The van der Waals surface area contributed by atoms with E-state index in [1.54, 1.807) is 7.11 Å². The second-order valence-electron chi connectivity index (χ2n) is 6.42. The van der Waals surface area contributed by atoms with Crippen molar-refractivity contribution in [2.75, 3.05) is 38.3 Å². The number of hydrogen-bond acceptors (Lipinski definition) is 4. The minimum atomic E-state index is 0.633. The molecule has 0 spiro atoms. The fourth-order valence-electron chi connectivity index (χ4n) is 2.88. The molecule has 1 saturated heterocycles. The number of rotatable bonds is 7. The molecule has 1 fully saturated rings. The molecule has 0 aliphatic carbocycles. The molecule has 0 radical (unpaired) electrons. The fraction of sp³-hybridized carbons (Fsp3) is 0.706. The molecule has 1 atom stereocenters. The van der Waals surface area contributed by atoms with Crippen LogP contribution in [0.15, 0.2) is 18.2 Å². The molecule has 0 aromatic carbocycles. The smallest absolute Gasteiger partial charge is 0.128 e. The van der Waals surface area contributed by atoms with Gasteiger partial charge in [-0.2, -0.15) is 0 Å². The number of methoxy groups -OCH3 is 1. The summed E-state index contributed by atoms with van der Waals surface area (Å²) in [7, 11) is 1.79. The van der Waals surface area contributed by atoms with E-state index in [2.05, 4.69) is 42.3 Å². The highest BCUT2D eigenvalue weighted by atomic mass is 16.5. The van der Waals surface area contributed by atoms with Gasteiger partial charge in [-0.15, -0.1) is 0 Å². The van der Waals surface area contributed by atoms with Crippen LogP contribution in [-0.2, 0) is 11.3 Å². The van der Waals surface area contributed by atoms with Gasteiger partial charge in [0, 0.05) is 26.7 Å². The highest BCUT2D eigenvalue weighted by molar-refractivity contribution is 5.39. The Labute approximate surface area is 128 Å². The van der Waals surface area contributed by atoms with Crippen LogP contribution in [0, 0.1) is 11.8 Å². The molecule has 0 bridgehead atoms.